The Morgan fingerprint density at radius 2 is 1.85 bits per heavy atom. The molecule has 102 valence electrons. The lowest BCUT2D eigenvalue weighted by Gasteiger charge is -2.07. The van der Waals surface area contributed by atoms with Gasteiger partial charge in [-0.05, 0) is 48.9 Å². The van der Waals surface area contributed by atoms with Gasteiger partial charge < -0.3 is 10.4 Å². The summed E-state index contributed by atoms with van der Waals surface area (Å²) in [5, 5.41) is 12.0. The number of carboxylic acids is 1. The van der Waals surface area contributed by atoms with E-state index >= 15 is 0 Å². The summed E-state index contributed by atoms with van der Waals surface area (Å²) >= 11 is 5.91. The normalized spacial score (nSPS) is 10.1. The van der Waals surface area contributed by atoms with E-state index in [-0.39, 0.29) is 11.5 Å². The van der Waals surface area contributed by atoms with Crippen molar-refractivity contribution < 1.29 is 14.7 Å². The van der Waals surface area contributed by atoms with E-state index in [0.29, 0.717) is 16.3 Å². The Labute approximate surface area is 121 Å². The first-order valence-corrected chi connectivity index (χ1v) is 6.25. The summed E-state index contributed by atoms with van der Waals surface area (Å²) in [4.78, 5) is 23.0. The topological polar surface area (TPSA) is 66.4 Å². The minimum Gasteiger partial charge on any atom is -0.478 e. The van der Waals surface area contributed by atoms with Crippen LogP contribution >= 0.6 is 11.6 Å². The van der Waals surface area contributed by atoms with Gasteiger partial charge in [-0.2, -0.15) is 0 Å². The van der Waals surface area contributed by atoms with E-state index in [9.17, 15) is 9.59 Å². The van der Waals surface area contributed by atoms with Gasteiger partial charge in [-0.25, -0.2) is 4.79 Å². The van der Waals surface area contributed by atoms with Gasteiger partial charge in [0.1, 0.15) is 0 Å². The molecular weight excluding hydrogens is 278 g/mol. The maximum Gasteiger partial charge on any atom is 0.335 e. The van der Waals surface area contributed by atoms with Crippen molar-refractivity contribution in [2.24, 2.45) is 0 Å². The number of amides is 1. The monoisotopic (exact) mass is 289 g/mol. The number of nitrogens with one attached hydrogen (secondary N) is 1. The van der Waals surface area contributed by atoms with Crippen LogP contribution in [0.15, 0.2) is 42.5 Å². The van der Waals surface area contributed by atoms with Gasteiger partial charge in [-0.15, -0.1) is 0 Å². The molecule has 1 amide bonds. The zero-order chi connectivity index (χ0) is 14.7. The van der Waals surface area contributed by atoms with Crippen LogP contribution in [-0.2, 0) is 0 Å². The number of carbonyl (C=O) groups excluding carboxylic acids is 1. The molecule has 0 atom stereocenters. The summed E-state index contributed by atoms with van der Waals surface area (Å²) in [6, 6.07) is 11.1. The van der Waals surface area contributed by atoms with Gasteiger partial charge in [0, 0.05) is 16.3 Å². The Kier molecular flexibility index (Phi) is 4.05. The fraction of sp³-hybridized carbons (Fsp3) is 0.0667. The molecular formula is C15H12ClNO3. The molecule has 0 aromatic heterocycles. The van der Waals surface area contributed by atoms with Gasteiger partial charge in [0.2, 0.25) is 0 Å². The maximum atomic E-state index is 12.1. The molecule has 20 heavy (non-hydrogen) atoms. The van der Waals surface area contributed by atoms with E-state index in [1.807, 2.05) is 6.92 Å². The van der Waals surface area contributed by atoms with Crippen LogP contribution in [0, 0.1) is 6.92 Å². The van der Waals surface area contributed by atoms with Crippen LogP contribution in [0.5, 0.6) is 0 Å². The van der Waals surface area contributed by atoms with Crippen LogP contribution in [-0.4, -0.2) is 17.0 Å². The third kappa shape index (κ3) is 3.36. The lowest BCUT2D eigenvalue weighted by molar-refractivity contribution is 0.0696. The second-order valence-electron chi connectivity index (χ2n) is 4.36. The van der Waals surface area contributed by atoms with Gasteiger partial charge in [0.25, 0.3) is 5.91 Å². The Morgan fingerprint density at radius 3 is 2.50 bits per heavy atom. The third-order valence-corrected chi connectivity index (χ3v) is 2.89. The molecule has 2 rings (SSSR count). The molecule has 0 heterocycles. The molecule has 0 aliphatic heterocycles. The second kappa shape index (κ2) is 5.75. The zero-order valence-corrected chi connectivity index (χ0v) is 11.4. The predicted molar refractivity (Wildman–Crippen MR) is 77.5 cm³/mol. The third-order valence-electron chi connectivity index (χ3n) is 2.67. The highest BCUT2D eigenvalue weighted by Gasteiger charge is 2.09. The van der Waals surface area contributed by atoms with E-state index in [1.165, 1.54) is 12.1 Å². The van der Waals surface area contributed by atoms with E-state index in [2.05, 4.69) is 5.32 Å². The second-order valence-corrected chi connectivity index (χ2v) is 4.79. The average molecular weight is 290 g/mol. The van der Waals surface area contributed by atoms with Crippen LogP contribution in [0.1, 0.15) is 26.3 Å². The highest BCUT2D eigenvalue weighted by atomic mass is 35.5. The Hall–Kier alpha value is -2.33. The van der Waals surface area contributed by atoms with E-state index in [1.54, 1.807) is 30.3 Å². The molecule has 4 nitrogen and oxygen atoms in total. The molecule has 0 saturated heterocycles. The highest BCUT2D eigenvalue weighted by Crippen LogP contribution is 2.17. The minimum absolute atomic E-state index is 0.116. The summed E-state index contributed by atoms with van der Waals surface area (Å²) in [5.74, 6) is -1.38. The summed E-state index contributed by atoms with van der Waals surface area (Å²) in [5.41, 5.74) is 1.84. The van der Waals surface area contributed by atoms with E-state index < -0.39 is 5.97 Å². The number of benzene rings is 2. The van der Waals surface area contributed by atoms with E-state index in [0.717, 1.165) is 5.56 Å². The van der Waals surface area contributed by atoms with Crippen molar-refractivity contribution in [3.63, 3.8) is 0 Å². The van der Waals surface area contributed by atoms with Crippen molar-refractivity contribution in [1.82, 2.24) is 0 Å². The van der Waals surface area contributed by atoms with Crippen molar-refractivity contribution in [2.45, 2.75) is 6.92 Å². The first-order chi connectivity index (χ1) is 9.45. The molecule has 2 N–H and O–H groups in total. The average Bonchev–Trinajstić information content (AvgIpc) is 2.37. The number of hydrogen-bond acceptors (Lipinski definition) is 2. The molecule has 0 bridgehead atoms. The number of rotatable bonds is 3. The minimum atomic E-state index is -1.04. The molecule has 2 aromatic rings. The molecule has 0 radical (unpaired) electrons. The molecule has 0 unspecified atom stereocenters. The largest absolute Gasteiger partial charge is 0.478 e. The number of halogens is 1. The van der Waals surface area contributed by atoms with Crippen molar-refractivity contribution in [2.75, 3.05) is 5.32 Å². The van der Waals surface area contributed by atoms with Crippen molar-refractivity contribution in [3.05, 3.63) is 64.2 Å². The number of aryl methyl sites for hydroxylation is 1. The molecule has 0 saturated carbocycles. The Bertz CT molecular complexity index is 662. The summed E-state index contributed by atoms with van der Waals surface area (Å²) in [7, 11) is 0. The predicted octanol–water partition coefficient (Wildman–Crippen LogP) is 3.60. The summed E-state index contributed by atoms with van der Waals surface area (Å²) in [6.45, 7) is 1.84. The molecule has 2 aromatic carbocycles. The fourth-order valence-corrected chi connectivity index (χ4v) is 2.09. The van der Waals surface area contributed by atoms with Crippen LogP contribution in [0.2, 0.25) is 5.02 Å². The van der Waals surface area contributed by atoms with Crippen LogP contribution < -0.4 is 5.32 Å². The number of carboxylic acid groups (broad SMARTS) is 1. The lowest BCUT2D eigenvalue weighted by atomic mass is 10.1. The maximum absolute atomic E-state index is 12.1. The quantitative estimate of drug-likeness (QED) is 0.907. The molecule has 0 fully saturated rings. The number of anilines is 1. The number of carbonyl (C=O) groups is 2. The zero-order valence-electron chi connectivity index (χ0n) is 10.7. The van der Waals surface area contributed by atoms with Crippen molar-refractivity contribution in [3.8, 4) is 0 Å². The Balaban J connectivity index is 2.23. The van der Waals surface area contributed by atoms with Crippen LogP contribution in [0.25, 0.3) is 0 Å². The Morgan fingerprint density at radius 1 is 1.10 bits per heavy atom. The number of aromatic carboxylic acids is 1. The standard InChI is InChI=1S/C15H12ClNO3/c1-9-5-11(7-12(16)6-9)14(18)17-13-4-2-3-10(8-13)15(19)20/h2-8H,1H3,(H,17,18)(H,19,20). The highest BCUT2D eigenvalue weighted by molar-refractivity contribution is 6.31. The summed E-state index contributed by atoms with van der Waals surface area (Å²) < 4.78 is 0. The van der Waals surface area contributed by atoms with Gasteiger partial charge in [-0.1, -0.05) is 17.7 Å². The molecule has 0 spiro atoms. The fourth-order valence-electron chi connectivity index (χ4n) is 1.80. The van der Waals surface area contributed by atoms with Gasteiger partial charge >= 0.3 is 5.97 Å². The summed E-state index contributed by atoms with van der Waals surface area (Å²) in [6.07, 6.45) is 0. The van der Waals surface area contributed by atoms with Crippen LogP contribution in [0.3, 0.4) is 0 Å². The van der Waals surface area contributed by atoms with Crippen molar-refractivity contribution in [1.29, 1.82) is 0 Å². The smallest absolute Gasteiger partial charge is 0.335 e. The van der Waals surface area contributed by atoms with E-state index in [4.69, 9.17) is 16.7 Å². The van der Waals surface area contributed by atoms with Crippen LogP contribution in [0.4, 0.5) is 5.69 Å². The molecule has 5 heteroatoms. The number of hydrogen-bond donors (Lipinski definition) is 2. The molecule has 0 aliphatic rings. The SMILES string of the molecule is Cc1cc(Cl)cc(C(=O)Nc2cccc(C(=O)O)c2)c1. The van der Waals surface area contributed by atoms with Gasteiger partial charge in [0.15, 0.2) is 0 Å². The van der Waals surface area contributed by atoms with Crippen molar-refractivity contribution >= 4 is 29.2 Å². The lowest BCUT2D eigenvalue weighted by Crippen LogP contribution is -2.12. The van der Waals surface area contributed by atoms with Gasteiger partial charge in [-0.3, -0.25) is 4.79 Å². The first kappa shape index (κ1) is 14.1. The van der Waals surface area contributed by atoms with Gasteiger partial charge in [0.05, 0.1) is 5.56 Å². The molecule has 0 aliphatic carbocycles. The first-order valence-electron chi connectivity index (χ1n) is 5.87.